The molecule has 0 aromatic heterocycles. The molecule has 1 N–H and O–H groups in total. The van der Waals surface area contributed by atoms with Crippen molar-refractivity contribution in [3.63, 3.8) is 0 Å². The molecule has 0 radical (unpaired) electrons. The quantitative estimate of drug-likeness (QED) is 0.885. The Bertz CT molecular complexity index is 383. The van der Waals surface area contributed by atoms with Crippen LogP contribution >= 0.6 is 23.2 Å². The molecule has 2 nitrogen and oxygen atoms in total. The van der Waals surface area contributed by atoms with E-state index < -0.39 is 0 Å². The number of benzene rings is 1. The SMILES string of the molecule is CCCN(Cc1cc(Cl)cc(Cl)c1)C1CCCNC1. The smallest absolute Gasteiger partial charge is 0.0424 e. The molecule has 1 aromatic carbocycles. The molecule has 0 amide bonds. The average molecular weight is 301 g/mol. The van der Waals surface area contributed by atoms with Crippen molar-refractivity contribution in [2.75, 3.05) is 19.6 Å². The van der Waals surface area contributed by atoms with Crippen LogP contribution in [-0.4, -0.2) is 30.6 Å². The molecular weight excluding hydrogens is 279 g/mol. The van der Waals surface area contributed by atoms with Crippen molar-refractivity contribution >= 4 is 23.2 Å². The van der Waals surface area contributed by atoms with Crippen LogP contribution in [0.1, 0.15) is 31.7 Å². The molecular formula is C15H22Cl2N2. The molecule has 1 heterocycles. The van der Waals surface area contributed by atoms with Crippen LogP contribution in [0.5, 0.6) is 0 Å². The molecule has 1 aromatic rings. The van der Waals surface area contributed by atoms with Crippen LogP contribution in [0.15, 0.2) is 18.2 Å². The topological polar surface area (TPSA) is 15.3 Å². The first-order valence-electron chi connectivity index (χ1n) is 7.08. The average Bonchev–Trinajstić information content (AvgIpc) is 2.38. The highest BCUT2D eigenvalue weighted by molar-refractivity contribution is 6.34. The standard InChI is InChI=1S/C15H22Cl2N2/c1-2-6-19(15-4-3-5-18-10-15)11-12-7-13(16)9-14(17)8-12/h7-9,15,18H,2-6,10-11H2,1H3. The van der Waals surface area contributed by atoms with Crippen molar-refractivity contribution in [2.45, 2.75) is 38.8 Å². The lowest BCUT2D eigenvalue weighted by Crippen LogP contribution is -2.45. The molecule has 1 fully saturated rings. The Balaban J connectivity index is 2.06. The van der Waals surface area contributed by atoms with Crippen LogP contribution in [0, 0.1) is 0 Å². The molecule has 2 rings (SSSR count). The minimum atomic E-state index is 0.631. The van der Waals surface area contributed by atoms with Crippen molar-refractivity contribution in [3.8, 4) is 0 Å². The van der Waals surface area contributed by atoms with Crippen molar-refractivity contribution in [2.24, 2.45) is 0 Å². The van der Waals surface area contributed by atoms with Crippen LogP contribution < -0.4 is 5.32 Å². The minimum Gasteiger partial charge on any atom is -0.315 e. The van der Waals surface area contributed by atoms with E-state index in [4.69, 9.17) is 23.2 Å². The summed E-state index contributed by atoms with van der Waals surface area (Å²) in [5.41, 5.74) is 1.21. The van der Waals surface area contributed by atoms with Crippen LogP contribution in [-0.2, 0) is 6.54 Å². The summed E-state index contributed by atoms with van der Waals surface area (Å²) in [5.74, 6) is 0. The van der Waals surface area contributed by atoms with Gasteiger partial charge in [0, 0.05) is 29.2 Å². The van der Waals surface area contributed by atoms with E-state index in [9.17, 15) is 0 Å². The maximum absolute atomic E-state index is 6.08. The lowest BCUT2D eigenvalue weighted by molar-refractivity contribution is 0.158. The summed E-state index contributed by atoms with van der Waals surface area (Å²) < 4.78 is 0. The number of halogens is 2. The van der Waals surface area contributed by atoms with Crippen LogP contribution in [0.2, 0.25) is 10.0 Å². The van der Waals surface area contributed by atoms with Gasteiger partial charge in [-0.2, -0.15) is 0 Å². The summed E-state index contributed by atoms with van der Waals surface area (Å²) in [6, 6.07) is 6.46. The molecule has 4 heteroatoms. The number of rotatable bonds is 5. The highest BCUT2D eigenvalue weighted by Crippen LogP contribution is 2.22. The normalized spacial score (nSPS) is 19.9. The fourth-order valence-electron chi connectivity index (χ4n) is 2.76. The van der Waals surface area contributed by atoms with Crippen molar-refractivity contribution in [3.05, 3.63) is 33.8 Å². The zero-order valence-electron chi connectivity index (χ0n) is 11.5. The van der Waals surface area contributed by atoms with E-state index >= 15 is 0 Å². The third-order valence-corrected chi connectivity index (χ3v) is 4.04. The van der Waals surface area contributed by atoms with Gasteiger partial charge in [0.05, 0.1) is 0 Å². The van der Waals surface area contributed by atoms with E-state index in [-0.39, 0.29) is 0 Å². The molecule has 106 valence electrons. The summed E-state index contributed by atoms with van der Waals surface area (Å²) in [4.78, 5) is 2.55. The molecule has 1 aliphatic heterocycles. The van der Waals surface area contributed by atoms with Crippen molar-refractivity contribution < 1.29 is 0 Å². The fraction of sp³-hybridized carbons (Fsp3) is 0.600. The van der Waals surface area contributed by atoms with Gasteiger partial charge in [0.15, 0.2) is 0 Å². The van der Waals surface area contributed by atoms with E-state index in [0.29, 0.717) is 6.04 Å². The van der Waals surface area contributed by atoms with Gasteiger partial charge < -0.3 is 5.32 Å². The molecule has 0 bridgehead atoms. The third kappa shape index (κ3) is 4.64. The van der Waals surface area contributed by atoms with Gasteiger partial charge in [0.2, 0.25) is 0 Å². The summed E-state index contributed by atoms with van der Waals surface area (Å²) in [7, 11) is 0. The largest absolute Gasteiger partial charge is 0.315 e. The number of piperidine rings is 1. The maximum atomic E-state index is 6.08. The maximum Gasteiger partial charge on any atom is 0.0424 e. The van der Waals surface area contributed by atoms with Crippen LogP contribution in [0.3, 0.4) is 0 Å². The van der Waals surface area contributed by atoms with Gasteiger partial charge >= 0.3 is 0 Å². The first kappa shape index (κ1) is 15.1. The Labute approximate surface area is 126 Å². The van der Waals surface area contributed by atoms with Gasteiger partial charge in [-0.15, -0.1) is 0 Å². The molecule has 0 spiro atoms. The Morgan fingerprint density at radius 2 is 2.00 bits per heavy atom. The fourth-order valence-corrected chi connectivity index (χ4v) is 3.33. The van der Waals surface area contributed by atoms with Gasteiger partial charge in [-0.3, -0.25) is 4.90 Å². The zero-order valence-corrected chi connectivity index (χ0v) is 13.0. The Kier molecular flexibility index (Phi) is 5.96. The highest BCUT2D eigenvalue weighted by atomic mass is 35.5. The monoisotopic (exact) mass is 300 g/mol. The third-order valence-electron chi connectivity index (χ3n) is 3.61. The minimum absolute atomic E-state index is 0.631. The van der Waals surface area contributed by atoms with Gasteiger partial charge in [0.1, 0.15) is 0 Å². The van der Waals surface area contributed by atoms with Crippen LogP contribution in [0.25, 0.3) is 0 Å². The lowest BCUT2D eigenvalue weighted by Gasteiger charge is -2.34. The van der Waals surface area contributed by atoms with Gasteiger partial charge in [0.25, 0.3) is 0 Å². The number of nitrogens with zero attached hydrogens (tertiary/aromatic N) is 1. The van der Waals surface area contributed by atoms with E-state index in [2.05, 4.69) is 17.1 Å². The number of hydrogen-bond donors (Lipinski definition) is 1. The molecule has 1 aliphatic rings. The molecule has 1 saturated heterocycles. The second-order valence-corrected chi connectivity index (χ2v) is 6.12. The van der Waals surface area contributed by atoms with E-state index in [1.165, 1.54) is 24.8 Å². The predicted molar refractivity (Wildman–Crippen MR) is 83.1 cm³/mol. The van der Waals surface area contributed by atoms with Gasteiger partial charge in [-0.05, 0) is 56.1 Å². The number of nitrogens with one attached hydrogen (secondary N) is 1. The molecule has 1 unspecified atom stereocenters. The zero-order chi connectivity index (χ0) is 13.7. The molecule has 0 aliphatic carbocycles. The Morgan fingerprint density at radius 3 is 2.58 bits per heavy atom. The predicted octanol–water partition coefficient (Wildman–Crippen LogP) is 3.96. The van der Waals surface area contributed by atoms with E-state index in [1.54, 1.807) is 6.07 Å². The van der Waals surface area contributed by atoms with Crippen LogP contribution in [0.4, 0.5) is 0 Å². The van der Waals surface area contributed by atoms with Gasteiger partial charge in [-0.1, -0.05) is 30.1 Å². The lowest BCUT2D eigenvalue weighted by atomic mass is 10.0. The van der Waals surface area contributed by atoms with Crippen molar-refractivity contribution in [1.82, 2.24) is 10.2 Å². The molecule has 0 saturated carbocycles. The summed E-state index contributed by atoms with van der Waals surface area (Å²) >= 11 is 12.2. The summed E-state index contributed by atoms with van der Waals surface area (Å²) in [6.45, 7) is 6.53. The highest BCUT2D eigenvalue weighted by Gasteiger charge is 2.20. The summed E-state index contributed by atoms with van der Waals surface area (Å²) in [5, 5.41) is 4.93. The second kappa shape index (κ2) is 7.49. The Hall–Kier alpha value is -0.280. The summed E-state index contributed by atoms with van der Waals surface area (Å²) in [6.07, 6.45) is 3.72. The van der Waals surface area contributed by atoms with Crippen molar-refractivity contribution in [1.29, 1.82) is 0 Å². The molecule has 19 heavy (non-hydrogen) atoms. The van der Waals surface area contributed by atoms with E-state index in [1.807, 2.05) is 12.1 Å². The Morgan fingerprint density at radius 1 is 1.26 bits per heavy atom. The first-order valence-corrected chi connectivity index (χ1v) is 7.84. The number of hydrogen-bond acceptors (Lipinski definition) is 2. The second-order valence-electron chi connectivity index (χ2n) is 5.25. The first-order chi connectivity index (χ1) is 9.19. The molecule has 1 atom stereocenters. The van der Waals surface area contributed by atoms with Gasteiger partial charge in [-0.25, -0.2) is 0 Å². The van der Waals surface area contributed by atoms with E-state index in [0.717, 1.165) is 36.2 Å².